The van der Waals surface area contributed by atoms with Crippen molar-refractivity contribution in [2.24, 2.45) is 11.8 Å². The zero-order chi connectivity index (χ0) is 9.10. The van der Waals surface area contributed by atoms with Gasteiger partial charge in [-0.2, -0.15) is 0 Å². The van der Waals surface area contributed by atoms with Gasteiger partial charge in [0.1, 0.15) is 0 Å². The maximum atomic E-state index is 2.39. The van der Waals surface area contributed by atoms with Gasteiger partial charge in [-0.15, -0.1) is 11.3 Å². The quantitative estimate of drug-likeness (QED) is 0.664. The lowest BCUT2D eigenvalue weighted by Crippen LogP contribution is -2.13. The second kappa shape index (κ2) is 4.28. The monoisotopic (exact) mass is 194 g/mol. The highest BCUT2D eigenvalue weighted by atomic mass is 32.1. The van der Waals surface area contributed by atoms with Crippen LogP contribution in [0.15, 0.2) is 17.5 Å². The summed E-state index contributed by atoms with van der Waals surface area (Å²) in [6, 6.07) is 4.45. The normalized spacial score (nSPS) is 29.0. The first kappa shape index (κ1) is 9.26. The molecular formula is C12H18S. The van der Waals surface area contributed by atoms with Crippen LogP contribution in [0.2, 0.25) is 0 Å². The molecule has 1 aliphatic carbocycles. The van der Waals surface area contributed by atoms with Crippen LogP contribution in [0, 0.1) is 11.8 Å². The summed E-state index contributed by atoms with van der Waals surface area (Å²) in [5.41, 5.74) is 0. The van der Waals surface area contributed by atoms with Gasteiger partial charge < -0.3 is 0 Å². The van der Waals surface area contributed by atoms with Gasteiger partial charge in [0.2, 0.25) is 0 Å². The van der Waals surface area contributed by atoms with Crippen LogP contribution in [0.1, 0.15) is 37.5 Å². The lowest BCUT2D eigenvalue weighted by atomic mass is 9.81. The van der Waals surface area contributed by atoms with Gasteiger partial charge in [-0.25, -0.2) is 0 Å². The van der Waals surface area contributed by atoms with Crippen LogP contribution in [0.4, 0.5) is 0 Å². The van der Waals surface area contributed by atoms with Crippen molar-refractivity contribution in [1.29, 1.82) is 0 Å². The van der Waals surface area contributed by atoms with Crippen molar-refractivity contribution >= 4 is 11.3 Å². The van der Waals surface area contributed by atoms with Crippen molar-refractivity contribution in [3.05, 3.63) is 22.4 Å². The van der Waals surface area contributed by atoms with E-state index in [1.54, 1.807) is 4.88 Å². The summed E-state index contributed by atoms with van der Waals surface area (Å²) in [6.45, 7) is 2.39. The molecule has 0 spiro atoms. The fraction of sp³-hybridized carbons (Fsp3) is 0.667. The van der Waals surface area contributed by atoms with Gasteiger partial charge in [0, 0.05) is 4.88 Å². The molecule has 0 nitrogen and oxygen atoms in total. The molecule has 1 aromatic heterocycles. The summed E-state index contributed by atoms with van der Waals surface area (Å²) in [5, 5.41) is 2.20. The minimum atomic E-state index is 0.981. The van der Waals surface area contributed by atoms with Crippen LogP contribution < -0.4 is 0 Å². The highest BCUT2D eigenvalue weighted by molar-refractivity contribution is 7.09. The Morgan fingerprint density at radius 3 is 2.69 bits per heavy atom. The Labute approximate surface area is 85.0 Å². The van der Waals surface area contributed by atoms with Crippen LogP contribution in [0.25, 0.3) is 0 Å². The fourth-order valence-electron chi connectivity index (χ4n) is 2.25. The second-order valence-electron chi connectivity index (χ2n) is 4.41. The molecule has 72 valence electrons. The molecule has 0 aromatic carbocycles. The standard InChI is InChI=1S/C12H18S/c1-10-4-6-11(7-5-10)9-12-3-2-8-13-12/h2-3,8,10-11H,4-7,9H2,1H3. The number of rotatable bonds is 2. The van der Waals surface area contributed by atoms with Gasteiger partial charge in [-0.3, -0.25) is 0 Å². The molecule has 1 aromatic rings. The van der Waals surface area contributed by atoms with Gasteiger partial charge in [-0.1, -0.05) is 25.8 Å². The lowest BCUT2D eigenvalue weighted by molar-refractivity contribution is 0.290. The molecule has 0 atom stereocenters. The van der Waals surface area contributed by atoms with Gasteiger partial charge in [-0.05, 0) is 42.5 Å². The number of hydrogen-bond acceptors (Lipinski definition) is 1. The molecule has 1 heterocycles. The minimum absolute atomic E-state index is 0.981. The van der Waals surface area contributed by atoms with E-state index in [1.165, 1.54) is 32.1 Å². The van der Waals surface area contributed by atoms with E-state index in [1.807, 2.05) is 11.3 Å². The van der Waals surface area contributed by atoms with E-state index >= 15 is 0 Å². The highest BCUT2D eigenvalue weighted by Gasteiger charge is 2.18. The summed E-state index contributed by atoms with van der Waals surface area (Å²) in [5.74, 6) is 1.97. The van der Waals surface area contributed by atoms with E-state index in [2.05, 4.69) is 24.4 Å². The largest absolute Gasteiger partial charge is 0.149 e. The maximum Gasteiger partial charge on any atom is 0.00479 e. The maximum absolute atomic E-state index is 2.39. The third-order valence-corrected chi connectivity index (χ3v) is 4.10. The van der Waals surface area contributed by atoms with Crippen LogP contribution in [0.3, 0.4) is 0 Å². The molecule has 0 unspecified atom stereocenters. The van der Waals surface area contributed by atoms with E-state index in [0.29, 0.717) is 0 Å². The Bertz CT molecular complexity index is 230. The molecule has 13 heavy (non-hydrogen) atoms. The molecule has 2 rings (SSSR count). The molecule has 1 aliphatic rings. The minimum Gasteiger partial charge on any atom is -0.149 e. The van der Waals surface area contributed by atoms with Crippen molar-refractivity contribution in [2.75, 3.05) is 0 Å². The zero-order valence-corrected chi connectivity index (χ0v) is 9.15. The van der Waals surface area contributed by atoms with E-state index < -0.39 is 0 Å². The summed E-state index contributed by atoms with van der Waals surface area (Å²) >= 11 is 1.92. The first-order chi connectivity index (χ1) is 6.34. The third-order valence-electron chi connectivity index (χ3n) is 3.21. The Morgan fingerprint density at radius 1 is 1.31 bits per heavy atom. The highest BCUT2D eigenvalue weighted by Crippen LogP contribution is 2.31. The van der Waals surface area contributed by atoms with E-state index in [0.717, 1.165) is 11.8 Å². The van der Waals surface area contributed by atoms with Crippen molar-refractivity contribution in [3.8, 4) is 0 Å². The van der Waals surface area contributed by atoms with E-state index in [9.17, 15) is 0 Å². The van der Waals surface area contributed by atoms with Gasteiger partial charge in [0.15, 0.2) is 0 Å². The molecule has 0 aliphatic heterocycles. The third kappa shape index (κ3) is 2.57. The summed E-state index contributed by atoms with van der Waals surface area (Å²) in [4.78, 5) is 1.58. The zero-order valence-electron chi connectivity index (χ0n) is 8.33. The average molecular weight is 194 g/mol. The first-order valence-corrected chi connectivity index (χ1v) is 6.25. The second-order valence-corrected chi connectivity index (χ2v) is 5.44. The molecule has 1 heteroatoms. The van der Waals surface area contributed by atoms with E-state index in [-0.39, 0.29) is 0 Å². The predicted molar refractivity (Wildman–Crippen MR) is 59.1 cm³/mol. The van der Waals surface area contributed by atoms with Crippen LogP contribution in [-0.4, -0.2) is 0 Å². The fourth-order valence-corrected chi connectivity index (χ4v) is 3.07. The smallest absolute Gasteiger partial charge is 0.00479 e. The molecule has 0 bridgehead atoms. The Kier molecular flexibility index (Phi) is 3.05. The topological polar surface area (TPSA) is 0 Å². The Balaban J connectivity index is 1.83. The van der Waals surface area contributed by atoms with Crippen molar-refractivity contribution in [3.63, 3.8) is 0 Å². The summed E-state index contributed by atoms with van der Waals surface area (Å²) in [6.07, 6.45) is 7.16. The van der Waals surface area contributed by atoms with Crippen molar-refractivity contribution in [1.82, 2.24) is 0 Å². The van der Waals surface area contributed by atoms with Crippen LogP contribution in [-0.2, 0) is 6.42 Å². The summed E-state index contributed by atoms with van der Waals surface area (Å²) in [7, 11) is 0. The SMILES string of the molecule is CC1CCC(Cc2cccs2)CC1. The summed E-state index contributed by atoms with van der Waals surface area (Å²) < 4.78 is 0. The van der Waals surface area contributed by atoms with Crippen LogP contribution in [0.5, 0.6) is 0 Å². The molecule has 0 radical (unpaired) electrons. The molecule has 0 N–H and O–H groups in total. The van der Waals surface area contributed by atoms with Crippen LogP contribution >= 0.6 is 11.3 Å². The Hall–Kier alpha value is -0.300. The molecule has 1 fully saturated rings. The lowest BCUT2D eigenvalue weighted by Gasteiger charge is -2.25. The van der Waals surface area contributed by atoms with Crippen molar-refractivity contribution < 1.29 is 0 Å². The average Bonchev–Trinajstić information content (AvgIpc) is 2.62. The molecule has 0 amide bonds. The number of hydrogen-bond donors (Lipinski definition) is 0. The molecule has 0 saturated heterocycles. The van der Waals surface area contributed by atoms with E-state index in [4.69, 9.17) is 0 Å². The van der Waals surface area contributed by atoms with Crippen molar-refractivity contribution in [2.45, 2.75) is 39.0 Å². The molecular weight excluding hydrogens is 176 g/mol. The predicted octanol–water partition coefficient (Wildman–Crippen LogP) is 4.12. The molecule has 1 saturated carbocycles. The van der Waals surface area contributed by atoms with Gasteiger partial charge in [0.25, 0.3) is 0 Å². The first-order valence-electron chi connectivity index (χ1n) is 5.37. The van der Waals surface area contributed by atoms with Gasteiger partial charge >= 0.3 is 0 Å². The number of thiophene rings is 1. The Morgan fingerprint density at radius 2 is 2.08 bits per heavy atom. The van der Waals surface area contributed by atoms with Gasteiger partial charge in [0.05, 0.1) is 0 Å².